The van der Waals surface area contributed by atoms with Gasteiger partial charge in [0.1, 0.15) is 5.83 Å². The average Bonchev–Trinajstić information content (AvgIpc) is 1.83. The van der Waals surface area contributed by atoms with Crippen LogP contribution in [0, 0.1) is 0 Å². The van der Waals surface area contributed by atoms with Gasteiger partial charge in [0.2, 0.25) is 5.91 Å². The molecule has 0 unspecified atom stereocenters. The maximum atomic E-state index is 12.3. The number of amides is 1. The fourth-order valence-corrected chi connectivity index (χ4v) is 0.742. The van der Waals surface area contributed by atoms with Gasteiger partial charge in [-0.2, -0.15) is 0 Å². The Balaban J connectivity index is 4.55. The molecule has 1 amide bonds. The van der Waals surface area contributed by atoms with Gasteiger partial charge >= 0.3 is 0 Å². The first-order valence-corrected chi connectivity index (χ1v) is 3.91. The van der Waals surface area contributed by atoms with E-state index < -0.39 is 5.83 Å². The lowest BCUT2D eigenvalue weighted by Gasteiger charge is -2.04. The Hall–Kier alpha value is -0.900. The standard InChI is InChI=1S/C8H9BrFNO/c1-5(10)4-8(6(2)9)11-7(3)12/h4H,1-2H2,3H3,(H,11,12)/b8-4+. The first kappa shape index (κ1) is 11.1. The third kappa shape index (κ3) is 4.85. The number of hydrogen-bond donors (Lipinski definition) is 1. The average molecular weight is 234 g/mol. The molecule has 0 spiro atoms. The third-order valence-corrected chi connectivity index (χ3v) is 1.33. The topological polar surface area (TPSA) is 29.1 Å². The lowest BCUT2D eigenvalue weighted by molar-refractivity contribution is -0.118. The molecular weight excluding hydrogens is 225 g/mol. The van der Waals surface area contributed by atoms with Gasteiger partial charge in [-0.15, -0.1) is 0 Å². The molecule has 0 aliphatic carbocycles. The maximum absolute atomic E-state index is 12.3. The van der Waals surface area contributed by atoms with E-state index in [1.54, 1.807) is 0 Å². The van der Waals surface area contributed by atoms with Gasteiger partial charge in [-0.1, -0.05) is 13.2 Å². The number of carbonyl (C=O) groups is 1. The molecule has 0 aromatic carbocycles. The van der Waals surface area contributed by atoms with Crippen molar-refractivity contribution in [1.82, 2.24) is 5.32 Å². The molecule has 1 N–H and O–H groups in total. The number of rotatable bonds is 3. The molecule has 4 heteroatoms. The van der Waals surface area contributed by atoms with Crippen LogP contribution in [-0.4, -0.2) is 5.91 Å². The van der Waals surface area contributed by atoms with E-state index in [2.05, 4.69) is 34.4 Å². The van der Waals surface area contributed by atoms with Gasteiger partial charge in [0.15, 0.2) is 0 Å². The van der Waals surface area contributed by atoms with E-state index in [9.17, 15) is 9.18 Å². The molecule has 0 fully saturated rings. The SMILES string of the molecule is C=C(F)/C=C(/NC(C)=O)C(=C)Br. The van der Waals surface area contributed by atoms with Gasteiger partial charge in [0.05, 0.1) is 5.70 Å². The molecule has 66 valence electrons. The van der Waals surface area contributed by atoms with Crippen molar-refractivity contribution < 1.29 is 9.18 Å². The molecule has 2 nitrogen and oxygen atoms in total. The van der Waals surface area contributed by atoms with E-state index >= 15 is 0 Å². The summed E-state index contributed by atoms with van der Waals surface area (Å²) < 4.78 is 12.7. The molecule has 0 aliphatic heterocycles. The molecule has 0 saturated carbocycles. The van der Waals surface area contributed by atoms with Crippen molar-refractivity contribution in [1.29, 1.82) is 0 Å². The highest BCUT2D eigenvalue weighted by Gasteiger charge is 2.01. The van der Waals surface area contributed by atoms with Gasteiger partial charge in [0.25, 0.3) is 0 Å². The van der Waals surface area contributed by atoms with Crippen molar-refractivity contribution in [3.05, 3.63) is 35.2 Å². The van der Waals surface area contributed by atoms with Crippen molar-refractivity contribution in [2.24, 2.45) is 0 Å². The molecule has 12 heavy (non-hydrogen) atoms. The fraction of sp³-hybridized carbons (Fsp3) is 0.125. The van der Waals surface area contributed by atoms with Crippen LogP contribution in [0.3, 0.4) is 0 Å². The molecule has 0 bridgehead atoms. The first-order chi connectivity index (χ1) is 5.43. The summed E-state index contributed by atoms with van der Waals surface area (Å²) >= 11 is 3.01. The van der Waals surface area contributed by atoms with Crippen molar-refractivity contribution in [3.8, 4) is 0 Å². The number of hydrogen-bond acceptors (Lipinski definition) is 1. The smallest absolute Gasteiger partial charge is 0.221 e. The molecule has 0 atom stereocenters. The van der Waals surface area contributed by atoms with E-state index in [-0.39, 0.29) is 11.6 Å². The Morgan fingerprint density at radius 3 is 2.33 bits per heavy atom. The van der Waals surface area contributed by atoms with Crippen LogP contribution < -0.4 is 5.32 Å². The van der Waals surface area contributed by atoms with Crippen LogP contribution in [0.2, 0.25) is 0 Å². The molecule has 0 aromatic heterocycles. The lowest BCUT2D eigenvalue weighted by atomic mass is 10.3. The van der Waals surface area contributed by atoms with Crippen LogP contribution >= 0.6 is 15.9 Å². The van der Waals surface area contributed by atoms with E-state index in [1.807, 2.05) is 0 Å². The second-order valence-corrected chi connectivity index (χ2v) is 3.05. The van der Waals surface area contributed by atoms with E-state index in [1.165, 1.54) is 6.92 Å². The van der Waals surface area contributed by atoms with Gasteiger partial charge < -0.3 is 5.32 Å². The Morgan fingerprint density at radius 1 is 1.58 bits per heavy atom. The van der Waals surface area contributed by atoms with Crippen LogP contribution in [0.15, 0.2) is 35.2 Å². The highest BCUT2D eigenvalue weighted by Crippen LogP contribution is 2.13. The van der Waals surface area contributed by atoms with Crippen molar-refractivity contribution in [2.75, 3.05) is 0 Å². The molecule has 0 saturated heterocycles. The highest BCUT2D eigenvalue weighted by molar-refractivity contribution is 9.11. The minimum atomic E-state index is -0.639. The van der Waals surface area contributed by atoms with E-state index in [0.29, 0.717) is 4.48 Å². The first-order valence-electron chi connectivity index (χ1n) is 3.12. The van der Waals surface area contributed by atoms with Crippen LogP contribution in [0.4, 0.5) is 4.39 Å². The Morgan fingerprint density at radius 2 is 2.08 bits per heavy atom. The van der Waals surface area contributed by atoms with E-state index in [4.69, 9.17) is 0 Å². The highest BCUT2D eigenvalue weighted by atomic mass is 79.9. The fourth-order valence-electron chi connectivity index (χ4n) is 0.528. The third-order valence-electron chi connectivity index (χ3n) is 0.904. The van der Waals surface area contributed by atoms with Crippen LogP contribution in [-0.2, 0) is 4.79 Å². The van der Waals surface area contributed by atoms with Crippen LogP contribution in [0.25, 0.3) is 0 Å². The zero-order valence-electron chi connectivity index (χ0n) is 6.66. The summed E-state index contributed by atoms with van der Waals surface area (Å²) in [4.78, 5) is 10.6. The largest absolute Gasteiger partial charge is 0.325 e. The summed E-state index contributed by atoms with van der Waals surface area (Å²) in [6.45, 7) is 7.84. The number of carbonyl (C=O) groups excluding carboxylic acids is 1. The summed E-state index contributed by atoms with van der Waals surface area (Å²) in [5.41, 5.74) is 0.273. The summed E-state index contributed by atoms with van der Waals surface area (Å²) in [5.74, 6) is -0.928. The van der Waals surface area contributed by atoms with Gasteiger partial charge in [-0.3, -0.25) is 4.79 Å². The van der Waals surface area contributed by atoms with Crippen molar-refractivity contribution in [3.63, 3.8) is 0 Å². The van der Waals surface area contributed by atoms with Crippen LogP contribution in [0.5, 0.6) is 0 Å². The molecular formula is C8H9BrFNO. The lowest BCUT2D eigenvalue weighted by Crippen LogP contribution is -2.19. The van der Waals surface area contributed by atoms with Gasteiger partial charge in [0, 0.05) is 11.4 Å². The second-order valence-electron chi connectivity index (χ2n) is 2.09. The number of halogens is 2. The number of allylic oxidation sites excluding steroid dienone is 3. The van der Waals surface area contributed by atoms with Crippen molar-refractivity contribution >= 4 is 21.8 Å². The molecule has 0 radical (unpaired) electrons. The predicted octanol–water partition coefficient (Wildman–Crippen LogP) is 2.40. The minimum Gasteiger partial charge on any atom is -0.325 e. The van der Waals surface area contributed by atoms with E-state index in [0.717, 1.165) is 6.08 Å². The number of nitrogens with one attached hydrogen (secondary N) is 1. The molecule has 0 rings (SSSR count). The summed E-state index contributed by atoms with van der Waals surface area (Å²) in [5, 5.41) is 2.39. The Labute approximate surface area is 79.0 Å². The monoisotopic (exact) mass is 233 g/mol. The maximum Gasteiger partial charge on any atom is 0.221 e. The minimum absolute atomic E-state index is 0.273. The molecule has 0 heterocycles. The zero-order valence-corrected chi connectivity index (χ0v) is 8.24. The quantitative estimate of drug-likeness (QED) is 0.746. The summed E-state index contributed by atoms with van der Waals surface area (Å²) in [6.07, 6.45) is 1.08. The normalized spacial score (nSPS) is 10.8. The molecule has 0 aromatic rings. The zero-order chi connectivity index (χ0) is 9.72. The van der Waals surface area contributed by atoms with Gasteiger partial charge in [-0.25, -0.2) is 4.39 Å². The van der Waals surface area contributed by atoms with Crippen LogP contribution in [0.1, 0.15) is 6.92 Å². The Kier molecular flexibility index (Phi) is 4.51. The predicted molar refractivity (Wildman–Crippen MR) is 50.2 cm³/mol. The van der Waals surface area contributed by atoms with Gasteiger partial charge in [-0.05, 0) is 22.0 Å². The second kappa shape index (κ2) is 4.87. The molecule has 0 aliphatic rings. The van der Waals surface area contributed by atoms with Crippen molar-refractivity contribution in [2.45, 2.75) is 6.92 Å². The Bertz CT molecular complexity index is 258. The summed E-state index contributed by atoms with van der Waals surface area (Å²) in [6, 6.07) is 0. The summed E-state index contributed by atoms with van der Waals surface area (Å²) in [7, 11) is 0.